The molecule has 0 aliphatic heterocycles. The zero-order valence-electron chi connectivity index (χ0n) is 12.1. The van der Waals surface area contributed by atoms with Crippen LogP contribution in [0.2, 0.25) is 10.0 Å². The Labute approximate surface area is 142 Å². The molecule has 0 amide bonds. The van der Waals surface area contributed by atoms with Crippen LogP contribution in [-0.2, 0) is 0 Å². The molecule has 0 radical (unpaired) electrons. The molecule has 3 aromatic rings. The van der Waals surface area contributed by atoms with E-state index in [9.17, 15) is 5.11 Å². The van der Waals surface area contributed by atoms with Gasteiger partial charge in [0, 0.05) is 36.0 Å². The van der Waals surface area contributed by atoms with Gasteiger partial charge in [0.05, 0.1) is 33.2 Å². The largest absolute Gasteiger partial charge is 0.490 e. The van der Waals surface area contributed by atoms with E-state index in [2.05, 4.69) is 15.2 Å². The zero-order chi connectivity index (χ0) is 16.0. The van der Waals surface area contributed by atoms with E-state index in [-0.39, 0.29) is 12.2 Å². The molecule has 1 saturated carbocycles. The minimum Gasteiger partial charge on any atom is -0.490 e. The molecule has 1 fully saturated rings. The van der Waals surface area contributed by atoms with Gasteiger partial charge >= 0.3 is 0 Å². The van der Waals surface area contributed by atoms with Crippen molar-refractivity contribution in [1.82, 2.24) is 15.2 Å². The number of aromatic nitrogens is 3. The Hall–Kier alpha value is -1.69. The standard InChI is InChI=1S/C16H15Cl2N3O2/c17-12-4-13(23-10-2-1-9(22)3-10)14-11(8-5-20-21-6-8)7-19-16(14)15(12)18/h4-7,9-10,19,22H,1-3H2,(H,20,21). The molecule has 7 heteroatoms. The smallest absolute Gasteiger partial charge is 0.131 e. The van der Waals surface area contributed by atoms with Gasteiger partial charge in [-0.25, -0.2) is 0 Å². The average Bonchev–Trinajstić information content (AvgIpc) is 3.24. The molecular weight excluding hydrogens is 337 g/mol. The van der Waals surface area contributed by atoms with Crippen LogP contribution in [0.25, 0.3) is 22.0 Å². The lowest BCUT2D eigenvalue weighted by Gasteiger charge is -2.16. The molecule has 2 aromatic heterocycles. The van der Waals surface area contributed by atoms with E-state index >= 15 is 0 Å². The second-order valence-electron chi connectivity index (χ2n) is 5.82. The highest BCUT2D eigenvalue weighted by atomic mass is 35.5. The molecule has 5 nitrogen and oxygen atoms in total. The molecule has 1 aliphatic rings. The summed E-state index contributed by atoms with van der Waals surface area (Å²) in [4.78, 5) is 3.17. The van der Waals surface area contributed by atoms with E-state index in [1.165, 1.54) is 0 Å². The van der Waals surface area contributed by atoms with Gasteiger partial charge in [-0.15, -0.1) is 0 Å². The molecule has 0 spiro atoms. The summed E-state index contributed by atoms with van der Waals surface area (Å²) >= 11 is 12.6. The molecule has 1 aliphatic carbocycles. The number of halogens is 2. The second kappa shape index (κ2) is 5.74. The number of fused-ring (bicyclic) bond motifs is 1. The Morgan fingerprint density at radius 1 is 1.26 bits per heavy atom. The van der Waals surface area contributed by atoms with Crippen molar-refractivity contribution in [2.24, 2.45) is 0 Å². The SMILES string of the molecule is OC1CCC(Oc2cc(Cl)c(Cl)c3[nH]cc(-c4cn[nH]c4)c23)C1. The summed E-state index contributed by atoms with van der Waals surface area (Å²) in [6.07, 6.45) is 7.34. The van der Waals surface area contributed by atoms with Crippen LogP contribution in [0.15, 0.2) is 24.7 Å². The van der Waals surface area contributed by atoms with Crippen LogP contribution in [0.5, 0.6) is 5.75 Å². The summed E-state index contributed by atoms with van der Waals surface area (Å²) in [6.45, 7) is 0. The highest BCUT2D eigenvalue weighted by molar-refractivity contribution is 6.45. The lowest BCUT2D eigenvalue weighted by atomic mass is 10.1. The number of hydrogen-bond acceptors (Lipinski definition) is 3. The van der Waals surface area contributed by atoms with Gasteiger partial charge in [0.15, 0.2) is 0 Å². The van der Waals surface area contributed by atoms with Crippen molar-refractivity contribution in [2.45, 2.75) is 31.5 Å². The topological polar surface area (TPSA) is 73.9 Å². The number of aliphatic hydroxyl groups excluding tert-OH is 1. The number of rotatable bonds is 3. The molecule has 2 atom stereocenters. The Morgan fingerprint density at radius 3 is 2.83 bits per heavy atom. The first-order chi connectivity index (χ1) is 11.1. The van der Waals surface area contributed by atoms with Crippen LogP contribution in [0.1, 0.15) is 19.3 Å². The lowest BCUT2D eigenvalue weighted by molar-refractivity contribution is 0.150. The third-order valence-corrected chi connectivity index (χ3v) is 5.06. The monoisotopic (exact) mass is 351 g/mol. The third kappa shape index (κ3) is 2.59. The number of aromatic amines is 2. The van der Waals surface area contributed by atoms with E-state index in [4.69, 9.17) is 27.9 Å². The van der Waals surface area contributed by atoms with Gasteiger partial charge in [0.2, 0.25) is 0 Å². The Balaban J connectivity index is 1.85. The van der Waals surface area contributed by atoms with E-state index in [1.54, 1.807) is 12.3 Å². The van der Waals surface area contributed by atoms with Gasteiger partial charge < -0.3 is 14.8 Å². The predicted octanol–water partition coefficient (Wildman–Crippen LogP) is 4.16. The minimum atomic E-state index is -0.294. The molecule has 23 heavy (non-hydrogen) atoms. The zero-order valence-corrected chi connectivity index (χ0v) is 13.7. The predicted molar refractivity (Wildman–Crippen MR) is 90.2 cm³/mol. The maximum atomic E-state index is 9.71. The van der Waals surface area contributed by atoms with Crippen molar-refractivity contribution in [3.63, 3.8) is 0 Å². The van der Waals surface area contributed by atoms with Crippen LogP contribution in [-0.4, -0.2) is 32.5 Å². The van der Waals surface area contributed by atoms with Crippen LogP contribution in [0.4, 0.5) is 0 Å². The first-order valence-electron chi connectivity index (χ1n) is 7.46. The van der Waals surface area contributed by atoms with Crippen molar-refractivity contribution < 1.29 is 9.84 Å². The third-order valence-electron chi connectivity index (χ3n) is 4.27. The van der Waals surface area contributed by atoms with Crippen molar-refractivity contribution in [3.8, 4) is 16.9 Å². The van der Waals surface area contributed by atoms with E-state index in [0.717, 1.165) is 34.9 Å². The van der Waals surface area contributed by atoms with Gasteiger partial charge in [-0.1, -0.05) is 23.2 Å². The summed E-state index contributed by atoms with van der Waals surface area (Å²) in [5, 5.41) is 18.3. The summed E-state index contributed by atoms with van der Waals surface area (Å²) in [6, 6.07) is 1.74. The van der Waals surface area contributed by atoms with Gasteiger partial charge in [-0.3, -0.25) is 5.10 Å². The van der Waals surface area contributed by atoms with E-state index < -0.39 is 0 Å². The van der Waals surface area contributed by atoms with Crippen LogP contribution >= 0.6 is 23.2 Å². The fourth-order valence-electron chi connectivity index (χ4n) is 3.15. The molecule has 0 bridgehead atoms. The van der Waals surface area contributed by atoms with Gasteiger partial charge in [-0.2, -0.15) is 5.10 Å². The summed E-state index contributed by atoms with van der Waals surface area (Å²) in [7, 11) is 0. The molecular formula is C16H15Cl2N3O2. The molecule has 2 unspecified atom stereocenters. The fourth-order valence-corrected chi connectivity index (χ4v) is 3.54. The maximum absolute atomic E-state index is 9.71. The number of H-pyrrole nitrogens is 2. The Morgan fingerprint density at radius 2 is 2.13 bits per heavy atom. The highest BCUT2D eigenvalue weighted by Crippen LogP contribution is 2.43. The number of nitrogens with zero attached hydrogens (tertiary/aromatic N) is 1. The Bertz CT molecular complexity index is 845. The van der Waals surface area contributed by atoms with Gasteiger partial charge in [0.1, 0.15) is 11.9 Å². The molecule has 3 N–H and O–H groups in total. The maximum Gasteiger partial charge on any atom is 0.131 e. The van der Waals surface area contributed by atoms with Gasteiger partial charge in [0.25, 0.3) is 0 Å². The van der Waals surface area contributed by atoms with Crippen molar-refractivity contribution in [2.75, 3.05) is 0 Å². The van der Waals surface area contributed by atoms with E-state index in [0.29, 0.717) is 22.2 Å². The number of ether oxygens (including phenoxy) is 1. The first-order valence-corrected chi connectivity index (χ1v) is 8.22. The summed E-state index contributed by atoms with van der Waals surface area (Å²) in [5.41, 5.74) is 2.62. The number of hydrogen-bond donors (Lipinski definition) is 3. The van der Waals surface area contributed by atoms with Crippen LogP contribution < -0.4 is 4.74 Å². The van der Waals surface area contributed by atoms with Crippen molar-refractivity contribution in [1.29, 1.82) is 0 Å². The van der Waals surface area contributed by atoms with Crippen LogP contribution in [0.3, 0.4) is 0 Å². The first kappa shape index (κ1) is 14.9. The lowest BCUT2D eigenvalue weighted by Crippen LogP contribution is -2.13. The summed E-state index contributed by atoms with van der Waals surface area (Å²) < 4.78 is 6.14. The molecule has 120 valence electrons. The van der Waals surface area contributed by atoms with Gasteiger partial charge in [-0.05, 0) is 12.8 Å². The number of aliphatic hydroxyl groups is 1. The molecule has 0 saturated heterocycles. The van der Waals surface area contributed by atoms with Crippen molar-refractivity contribution in [3.05, 3.63) is 34.7 Å². The molecule has 1 aromatic carbocycles. The fraction of sp³-hybridized carbons (Fsp3) is 0.312. The van der Waals surface area contributed by atoms with Crippen LogP contribution in [0, 0.1) is 0 Å². The average molecular weight is 352 g/mol. The summed E-state index contributed by atoms with van der Waals surface area (Å²) in [5.74, 6) is 0.672. The normalized spacial score (nSPS) is 21.2. The minimum absolute atomic E-state index is 0.0162. The molecule has 4 rings (SSSR count). The second-order valence-corrected chi connectivity index (χ2v) is 6.60. The quantitative estimate of drug-likeness (QED) is 0.663. The highest BCUT2D eigenvalue weighted by Gasteiger charge is 2.26. The Kier molecular flexibility index (Phi) is 3.71. The number of nitrogens with one attached hydrogen (secondary N) is 2. The van der Waals surface area contributed by atoms with E-state index in [1.807, 2.05) is 12.4 Å². The number of benzene rings is 1. The molecule has 2 heterocycles. The van der Waals surface area contributed by atoms with Crippen molar-refractivity contribution >= 4 is 34.1 Å².